The van der Waals surface area contributed by atoms with Crippen LogP contribution in [0.2, 0.25) is 0 Å². The molecule has 1 aliphatic rings. The lowest BCUT2D eigenvalue weighted by Gasteiger charge is -2.34. The third-order valence-corrected chi connectivity index (χ3v) is 13.8. The van der Waals surface area contributed by atoms with Crippen molar-refractivity contribution in [3.05, 3.63) is 203 Å². The Labute approximate surface area is 380 Å². The molecule has 1 aliphatic heterocycles. The molecule has 2 heterocycles. The van der Waals surface area contributed by atoms with Crippen molar-refractivity contribution in [1.29, 1.82) is 0 Å². The Balaban J connectivity index is 1.20. The van der Waals surface area contributed by atoms with Crippen molar-refractivity contribution in [2.75, 3.05) is 9.80 Å². The molecule has 0 amide bonds. The minimum atomic E-state index is 0.252. The highest BCUT2D eigenvalue weighted by atomic mass is 16.5. The highest BCUT2D eigenvalue weighted by Gasteiger charge is 2.31. The van der Waals surface area contributed by atoms with Gasteiger partial charge in [-0.1, -0.05) is 149 Å². The Bertz CT molecular complexity index is 3640. The van der Waals surface area contributed by atoms with Gasteiger partial charge < -0.3 is 19.0 Å². The zero-order chi connectivity index (χ0) is 44.1. The van der Waals surface area contributed by atoms with Crippen LogP contribution in [0.15, 0.2) is 174 Å². The summed E-state index contributed by atoms with van der Waals surface area (Å²) >= 11 is 0. The number of benzene rings is 10. The van der Waals surface area contributed by atoms with Gasteiger partial charge in [-0.05, 0) is 124 Å². The first-order valence-electron chi connectivity index (χ1n) is 23.0. The topological polar surface area (TPSA) is 28.9 Å². The molecule has 11 aromatic rings. The smallest absolute Gasteiger partial charge is 0.159 e. The number of furan rings is 1. The second kappa shape index (κ2) is 15.0. The van der Waals surface area contributed by atoms with Gasteiger partial charge in [-0.3, -0.25) is 0 Å². The van der Waals surface area contributed by atoms with Gasteiger partial charge in [0.15, 0.2) is 11.3 Å². The van der Waals surface area contributed by atoms with Gasteiger partial charge in [0.1, 0.15) is 11.3 Å². The van der Waals surface area contributed by atoms with Gasteiger partial charge in [-0.15, -0.1) is 0 Å². The third-order valence-electron chi connectivity index (χ3n) is 13.8. The summed E-state index contributed by atoms with van der Waals surface area (Å²) in [6, 6.07) is 62.0. The van der Waals surface area contributed by atoms with Crippen LogP contribution < -0.4 is 14.5 Å². The number of ether oxygens (including phenoxy) is 1. The molecule has 0 spiro atoms. The summed E-state index contributed by atoms with van der Waals surface area (Å²) in [5.41, 5.74) is 15.7. The fraction of sp³-hybridized carbons (Fsp3) is 0.148. The Morgan fingerprint density at radius 1 is 0.446 bits per heavy atom. The van der Waals surface area contributed by atoms with E-state index < -0.39 is 0 Å². The molecule has 12 rings (SSSR count). The van der Waals surface area contributed by atoms with Crippen LogP contribution in [0.3, 0.4) is 0 Å². The number of hydrogen-bond donors (Lipinski definition) is 0. The lowest BCUT2D eigenvalue weighted by Crippen LogP contribution is -2.16. The predicted molar refractivity (Wildman–Crippen MR) is 274 cm³/mol. The minimum Gasteiger partial charge on any atom is -0.455 e. The predicted octanol–water partition coefficient (Wildman–Crippen LogP) is 18.0. The molecule has 0 radical (unpaired) electrons. The first kappa shape index (κ1) is 39.1. The first-order chi connectivity index (χ1) is 31.7. The van der Waals surface area contributed by atoms with Gasteiger partial charge in [0, 0.05) is 44.9 Å². The first-order valence-corrected chi connectivity index (χ1v) is 23.0. The van der Waals surface area contributed by atoms with Gasteiger partial charge in [-0.25, -0.2) is 0 Å². The molecule has 0 N–H and O–H groups in total. The van der Waals surface area contributed by atoms with E-state index in [0.29, 0.717) is 0 Å². The molecule has 0 fully saturated rings. The molecule has 0 aliphatic carbocycles. The SMILES string of the molecule is Cc1ccc2c(c1N(c1ccccc1)c1cc(C(C)C)c3ccc4c(N(c5ccccc5)c5c(C)ccc6c5oc5ccccc56)cc(C(C)C)c5ccc1c3c54)Oc1ccccc1C2. The summed E-state index contributed by atoms with van der Waals surface area (Å²) < 4.78 is 13.9. The summed E-state index contributed by atoms with van der Waals surface area (Å²) in [7, 11) is 0. The molecule has 0 bridgehead atoms. The van der Waals surface area contributed by atoms with Crippen molar-refractivity contribution < 1.29 is 9.15 Å². The van der Waals surface area contributed by atoms with Crippen LogP contribution >= 0.6 is 0 Å². The fourth-order valence-electron chi connectivity index (χ4n) is 10.7. The van der Waals surface area contributed by atoms with Crippen molar-refractivity contribution in [1.82, 2.24) is 0 Å². The van der Waals surface area contributed by atoms with E-state index in [0.717, 1.165) is 85.1 Å². The fourth-order valence-corrected chi connectivity index (χ4v) is 10.7. The van der Waals surface area contributed by atoms with Gasteiger partial charge in [0.2, 0.25) is 0 Å². The molecule has 10 aromatic carbocycles. The molecule has 1 aromatic heterocycles. The molecule has 65 heavy (non-hydrogen) atoms. The van der Waals surface area contributed by atoms with Gasteiger partial charge in [0.25, 0.3) is 0 Å². The normalized spacial score (nSPS) is 12.5. The number of anilines is 6. The van der Waals surface area contributed by atoms with Crippen molar-refractivity contribution in [2.45, 2.75) is 59.8 Å². The minimum absolute atomic E-state index is 0.252. The second-order valence-corrected chi connectivity index (χ2v) is 18.5. The molecule has 0 saturated carbocycles. The van der Waals surface area contributed by atoms with E-state index in [1.54, 1.807) is 0 Å². The second-order valence-electron chi connectivity index (χ2n) is 18.5. The van der Waals surface area contributed by atoms with E-state index >= 15 is 0 Å². The van der Waals surface area contributed by atoms with Crippen LogP contribution in [0, 0.1) is 13.8 Å². The number of aryl methyl sites for hydroxylation is 2. The van der Waals surface area contributed by atoms with Crippen molar-refractivity contribution >= 4 is 88.4 Å². The number of nitrogens with zero attached hydrogens (tertiary/aromatic N) is 2. The maximum atomic E-state index is 6.99. The molecule has 316 valence electrons. The Kier molecular flexibility index (Phi) is 9.03. The van der Waals surface area contributed by atoms with E-state index in [1.165, 1.54) is 54.6 Å². The van der Waals surface area contributed by atoms with Crippen LogP contribution in [-0.4, -0.2) is 0 Å². The number of fused-ring (bicyclic) bond motifs is 5. The van der Waals surface area contributed by atoms with Crippen LogP contribution in [0.4, 0.5) is 34.1 Å². The molecular weight excluding hydrogens is 793 g/mol. The highest BCUT2D eigenvalue weighted by molar-refractivity contribution is 6.30. The molecule has 0 saturated heterocycles. The lowest BCUT2D eigenvalue weighted by molar-refractivity contribution is 0.461. The molecule has 0 unspecified atom stereocenters. The summed E-state index contributed by atoms with van der Waals surface area (Å²) in [4.78, 5) is 4.94. The molecular formula is C61H50N2O2. The Morgan fingerprint density at radius 3 is 1.58 bits per heavy atom. The number of rotatable bonds is 8. The van der Waals surface area contributed by atoms with Crippen molar-refractivity contribution in [3.8, 4) is 11.5 Å². The quantitative estimate of drug-likeness (QED) is 0.143. The third kappa shape index (κ3) is 6.04. The van der Waals surface area contributed by atoms with Crippen LogP contribution in [-0.2, 0) is 6.42 Å². The number of para-hydroxylation sites is 4. The van der Waals surface area contributed by atoms with Gasteiger partial charge in [-0.2, -0.15) is 0 Å². The number of hydrogen-bond acceptors (Lipinski definition) is 4. The average Bonchev–Trinajstić information content (AvgIpc) is 3.71. The van der Waals surface area contributed by atoms with E-state index in [4.69, 9.17) is 9.15 Å². The summed E-state index contributed by atoms with van der Waals surface area (Å²) in [5, 5.41) is 9.78. The zero-order valence-corrected chi connectivity index (χ0v) is 37.7. The van der Waals surface area contributed by atoms with Gasteiger partial charge in [0.05, 0.1) is 22.7 Å². The molecule has 4 nitrogen and oxygen atoms in total. The van der Waals surface area contributed by atoms with E-state index in [2.05, 4.69) is 221 Å². The largest absolute Gasteiger partial charge is 0.455 e. The van der Waals surface area contributed by atoms with Crippen LogP contribution in [0.5, 0.6) is 11.5 Å². The summed E-state index contributed by atoms with van der Waals surface area (Å²) in [6.07, 6.45) is 0.817. The monoisotopic (exact) mass is 842 g/mol. The summed E-state index contributed by atoms with van der Waals surface area (Å²) in [5.74, 6) is 2.34. The van der Waals surface area contributed by atoms with Crippen LogP contribution in [0.1, 0.15) is 72.9 Å². The summed E-state index contributed by atoms with van der Waals surface area (Å²) in [6.45, 7) is 13.8. The highest BCUT2D eigenvalue weighted by Crippen LogP contribution is 2.55. The standard InChI is InChI=1S/C61H50N2O2/c1-36(2)50-34-52(62(42-18-9-7-10-19-42)58-38(5)25-27-41-33-40-17-13-15-23-54(40)64-60(41)58)48-31-29-46-51(37(3)4)35-53(49-32-30-45(50)56(48)57(46)49)63(43-20-11-8-12-21-43)59-39(6)26-28-47-44-22-14-16-24-55(44)65-61(47)59/h7-32,34-37H,33H2,1-6H3. The molecule has 0 atom stereocenters. The van der Waals surface area contributed by atoms with E-state index in [9.17, 15) is 0 Å². The zero-order valence-electron chi connectivity index (χ0n) is 37.7. The average molecular weight is 843 g/mol. The molecule has 4 heteroatoms. The van der Waals surface area contributed by atoms with Crippen LogP contribution in [0.25, 0.3) is 54.3 Å². The maximum Gasteiger partial charge on any atom is 0.159 e. The van der Waals surface area contributed by atoms with E-state index in [1.807, 2.05) is 0 Å². The van der Waals surface area contributed by atoms with Crippen molar-refractivity contribution in [2.24, 2.45) is 0 Å². The van der Waals surface area contributed by atoms with Crippen molar-refractivity contribution in [3.63, 3.8) is 0 Å². The Hall–Kier alpha value is -7.56. The van der Waals surface area contributed by atoms with Gasteiger partial charge >= 0.3 is 0 Å². The lowest BCUT2D eigenvalue weighted by atomic mass is 9.84. The van der Waals surface area contributed by atoms with E-state index in [-0.39, 0.29) is 11.8 Å². The Morgan fingerprint density at radius 2 is 0.954 bits per heavy atom. The maximum absolute atomic E-state index is 6.99.